The van der Waals surface area contributed by atoms with E-state index in [1.165, 1.54) is 6.42 Å². The molecular formula is C11H22N2O. The summed E-state index contributed by atoms with van der Waals surface area (Å²) < 4.78 is 0. The Morgan fingerprint density at radius 1 is 1.29 bits per heavy atom. The summed E-state index contributed by atoms with van der Waals surface area (Å²) in [5.41, 5.74) is 0. The van der Waals surface area contributed by atoms with Crippen LogP contribution in [0.4, 0.5) is 4.79 Å². The first kappa shape index (κ1) is 11.3. The summed E-state index contributed by atoms with van der Waals surface area (Å²) in [7, 11) is 0. The van der Waals surface area contributed by atoms with Gasteiger partial charge >= 0.3 is 6.03 Å². The Labute approximate surface area is 86.9 Å². The molecule has 1 rings (SSSR count). The molecule has 0 aromatic heterocycles. The Bertz CT molecular complexity index is 193. The summed E-state index contributed by atoms with van der Waals surface area (Å²) in [6.45, 7) is 8.26. The Morgan fingerprint density at radius 2 is 1.79 bits per heavy atom. The van der Waals surface area contributed by atoms with Crippen molar-refractivity contribution in [1.29, 1.82) is 0 Å². The normalized spacial score (nSPS) is 27.9. The van der Waals surface area contributed by atoms with Crippen LogP contribution < -0.4 is 5.32 Å². The van der Waals surface area contributed by atoms with Crippen molar-refractivity contribution in [2.24, 2.45) is 0 Å². The Hall–Kier alpha value is -0.730. The Morgan fingerprint density at radius 3 is 2.21 bits per heavy atom. The topological polar surface area (TPSA) is 32.3 Å². The average Bonchev–Trinajstić information content (AvgIpc) is 2.01. The highest BCUT2D eigenvalue weighted by Gasteiger charge is 2.28. The first-order chi connectivity index (χ1) is 6.52. The summed E-state index contributed by atoms with van der Waals surface area (Å²) >= 11 is 0. The van der Waals surface area contributed by atoms with E-state index in [4.69, 9.17) is 0 Å². The zero-order valence-corrected chi connectivity index (χ0v) is 9.71. The van der Waals surface area contributed by atoms with Gasteiger partial charge in [-0.05, 0) is 47.0 Å². The van der Waals surface area contributed by atoms with Crippen molar-refractivity contribution in [1.82, 2.24) is 10.2 Å². The minimum atomic E-state index is 0.0969. The summed E-state index contributed by atoms with van der Waals surface area (Å²) in [6, 6.07) is 1.10. The van der Waals surface area contributed by atoms with Crippen LogP contribution in [0.1, 0.15) is 47.0 Å². The minimum absolute atomic E-state index is 0.0969. The summed E-state index contributed by atoms with van der Waals surface area (Å²) in [5, 5.41) is 2.96. The van der Waals surface area contributed by atoms with Crippen molar-refractivity contribution in [3.8, 4) is 0 Å². The van der Waals surface area contributed by atoms with Gasteiger partial charge in [0.2, 0.25) is 0 Å². The van der Waals surface area contributed by atoms with E-state index in [1.54, 1.807) is 0 Å². The average molecular weight is 198 g/mol. The zero-order chi connectivity index (χ0) is 10.7. The molecule has 3 heteroatoms. The van der Waals surface area contributed by atoms with E-state index in [0.717, 1.165) is 12.8 Å². The minimum Gasteiger partial charge on any atom is -0.336 e. The van der Waals surface area contributed by atoms with Crippen molar-refractivity contribution >= 4 is 6.03 Å². The highest BCUT2D eigenvalue weighted by Crippen LogP contribution is 2.22. The van der Waals surface area contributed by atoms with Gasteiger partial charge in [-0.2, -0.15) is 0 Å². The van der Waals surface area contributed by atoms with Gasteiger partial charge in [-0.25, -0.2) is 4.79 Å². The fraction of sp³-hybridized carbons (Fsp3) is 0.909. The lowest BCUT2D eigenvalue weighted by Crippen LogP contribution is -2.53. The summed E-state index contributed by atoms with van der Waals surface area (Å²) in [4.78, 5) is 13.8. The number of nitrogens with zero attached hydrogens (tertiary/aromatic N) is 1. The number of amides is 2. The van der Waals surface area contributed by atoms with Crippen LogP contribution in [0, 0.1) is 0 Å². The summed E-state index contributed by atoms with van der Waals surface area (Å²) in [5.74, 6) is 0. The van der Waals surface area contributed by atoms with Gasteiger partial charge in [0.05, 0.1) is 0 Å². The molecule has 0 unspecified atom stereocenters. The van der Waals surface area contributed by atoms with Gasteiger partial charge in [0, 0.05) is 18.1 Å². The molecule has 0 spiro atoms. The zero-order valence-electron chi connectivity index (χ0n) is 9.71. The van der Waals surface area contributed by atoms with Gasteiger partial charge in [0.1, 0.15) is 0 Å². The van der Waals surface area contributed by atoms with Gasteiger partial charge in [0.15, 0.2) is 0 Å². The molecule has 1 aliphatic heterocycles. The maximum atomic E-state index is 11.8. The number of urea groups is 1. The number of hydrogen-bond acceptors (Lipinski definition) is 1. The van der Waals surface area contributed by atoms with Crippen molar-refractivity contribution in [3.63, 3.8) is 0 Å². The maximum absolute atomic E-state index is 11.8. The molecule has 0 aliphatic carbocycles. The SMILES string of the molecule is CC(C)NC(=O)N1[C@H](C)CCC[C@@H]1C. The largest absolute Gasteiger partial charge is 0.336 e. The van der Waals surface area contributed by atoms with Crippen molar-refractivity contribution in [2.45, 2.75) is 65.1 Å². The third-order valence-electron chi connectivity index (χ3n) is 2.84. The van der Waals surface area contributed by atoms with Gasteiger partial charge < -0.3 is 10.2 Å². The second-order valence-electron chi connectivity index (χ2n) is 4.64. The lowest BCUT2D eigenvalue weighted by molar-refractivity contribution is 0.121. The number of hydrogen-bond donors (Lipinski definition) is 1. The van der Waals surface area contributed by atoms with E-state index in [-0.39, 0.29) is 12.1 Å². The predicted molar refractivity (Wildman–Crippen MR) is 58.3 cm³/mol. The molecule has 1 saturated heterocycles. The Kier molecular flexibility index (Phi) is 3.78. The van der Waals surface area contributed by atoms with Crippen molar-refractivity contribution < 1.29 is 4.79 Å². The monoisotopic (exact) mass is 198 g/mol. The van der Waals surface area contributed by atoms with Crippen LogP contribution in [-0.4, -0.2) is 29.1 Å². The van der Waals surface area contributed by atoms with E-state index in [1.807, 2.05) is 18.7 Å². The molecule has 3 nitrogen and oxygen atoms in total. The van der Waals surface area contributed by atoms with E-state index >= 15 is 0 Å². The molecule has 82 valence electrons. The smallest absolute Gasteiger partial charge is 0.318 e. The van der Waals surface area contributed by atoms with E-state index in [9.17, 15) is 4.79 Å². The quantitative estimate of drug-likeness (QED) is 0.689. The van der Waals surface area contributed by atoms with Gasteiger partial charge in [0.25, 0.3) is 0 Å². The fourth-order valence-electron chi connectivity index (χ4n) is 2.14. The summed E-state index contributed by atoms with van der Waals surface area (Å²) in [6.07, 6.45) is 3.51. The van der Waals surface area contributed by atoms with Crippen LogP contribution in [-0.2, 0) is 0 Å². The number of nitrogens with one attached hydrogen (secondary N) is 1. The molecule has 0 bridgehead atoms. The van der Waals surface area contributed by atoms with E-state index in [2.05, 4.69) is 19.2 Å². The molecule has 2 amide bonds. The van der Waals surface area contributed by atoms with Crippen molar-refractivity contribution in [2.75, 3.05) is 0 Å². The molecule has 2 atom stereocenters. The first-order valence-corrected chi connectivity index (χ1v) is 5.61. The molecule has 14 heavy (non-hydrogen) atoms. The molecule has 0 aromatic rings. The molecular weight excluding hydrogens is 176 g/mol. The number of carbonyl (C=O) groups is 1. The predicted octanol–water partition coefficient (Wildman–Crippen LogP) is 2.37. The molecule has 1 N–H and O–H groups in total. The van der Waals surface area contributed by atoms with Crippen LogP contribution in [0.25, 0.3) is 0 Å². The second kappa shape index (κ2) is 4.67. The van der Waals surface area contributed by atoms with E-state index in [0.29, 0.717) is 12.1 Å². The van der Waals surface area contributed by atoms with Gasteiger partial charge in [-0.15, -0.1) is 0 Å². The van der Waals surface area contributed by atoms with Crippen LogP contribution in [0.15, 0.2) is 0 Å². The number of piperidine rings is 1. The standard InChI is InChI=1S/C11H22N2O/c1-8(2)12-11(14)13-9(3)6-5-7-10(13)4/h8-10H,5-7H2,1-4H3,(H,12,14)/t9-,10+. The third kappa shape index (κ3) is 2.63. The van der Waals surface area contributed by atoms with E-state index < -0.39 is 0 Å². The van der Waals surface area contributed by atoms with Crippen molar-refractivity contribution in [3.05, 3.63) is 0 Å². The second-order valence-corrected chi connectivity index (χ2v) is 4.64. The Balaban J connectivity index is 2.58. The number of likely N-dealkylation sites (tertiary alicyclic amines) is 1. The fourth-order valence-corrected chi connectivity index (χ4v) is 2.14. The van der Waals surface area contributed by atoms with Gasteiger partial charge in [-0.3, -0.25) is 0 Å². The number of carbonyl (C=O) groups excluding carboxylic acids is 1. The van der Waals surface area contributed by atoms with Crippen LogP contribution in [0.2, 0.25) is 0 Å². The van der Waals surface area contributed by atoms with Crippen LogP contribution in [0.3, 0.4) is 0 Å². The molecule has 0 radical (unpaired) electrons. The third-order valence-corrected chi connectivity index (χ3v) is 2.84. The molecule has 0 saturated carbocycles. The molecule has 1 fully saturated rings. The van der Waals surface area contributed by atoms with Gasteiger partial charge in [-0.1, -0.05) is 0 Å². The molecule has 1 heterocycles. The highest BCUT2D eigenvalue weighted by atomic mass is 16.2. The van der Waals surface area contributed by atoms with Crippen LogP contribution >= 0.6 is 0 Å². The molecule has 1 aliphatic rings. The highest BCUT2D eigenvalue weighted by molar-refractivity contribution is 5.75. The lowest BCUT2D eigenvalue weighted by atomic mass is 9.98. The maximum Gasteiger partial charge on any atom is 0.318 e. The number of rotatable bonds is 1. The first-order valence-electron chi connectivity index (χ1n) is 5.61. The van der Waals surface area contributed by atoms with Crippen LogP contribution in [0.5, 0.6) is 0 Å². The lowest BCUT2D eigenvalue weighted by Gasteiger charge is -2.39. The molecule has 0 aromatic carbocycles.